The fraction of sp³-hybridized carbons (Fsp3) is 0.500. The van der Waals surface area contributed by atoms with Gasteiger partial charge in [0.05, 0.1) is 17.1 Å². The van der Waals surface area contributed by atoms with Crippen LogP contribution < -0.4 is 16.3 Å². The zero-order valence-corrected chi connectivity index (χ0v) is 13.5. The summed E-state index contributed by atoms with van der Waals surface area (Å²) < 4.78 is 0. The van der Waals surface area contributed by atoms with Gasteiger partial charge in [-0.2, -0.15) is 0 Å². The van der Waals surface area contributed by atoms with Gasteiger partial charge in [0.25, 0.3) is 0 Å². The Labute approximate surface area is 134 Å². The number of likely N-dealkylation sites (N-methyl/N-ethyl adjacent to an activating group) is 1. The largest absolute Gasteiger partial charge is 0.325 e. The van der Waals surface area contributed by atoms with Crippen molar-refractivity contribution in [2.75, 3.05) is 25.5 Å². The summed E-state index contributed by atoms with van der Waals surface area (Å²) in [7, 11) is 1.96. The number of nitrogens with one attached hydrogen (secondary N) is 4. The average Bonchev–Trinajstić information content (AvgIpc) is 2.93. The monoisotopic (exact) mass is 317 g/mol. The first-order valence-corrected chi connectivity index (χ1v) is 8.01. The molecule has 1 aliphatic heterocycles. The first-order valence-electron chi connectivity index (χ1n) is 8.01. The van der Waals surface area contributed by atoms with Gasteiger partial charge in [0.1, 0.15) is 0 Å². The number of hydrogen-bond donors (Lipinski definition) is 4. The summed E-state index contributed by atoms with van der Waals surface area (Å²) in [5, 5.41) is 6.23. The summed E-state index contributed by atoms with van der Waals surface area (Å²) in [6.45, 7) is 3.76. The van der Waals surface area contributed by atoms with Crippen LogP contribution in [-0.2, 0) is 4.79 Å². The van der Waals surface area contributed by atoms with Crippen LogP contribution in [0.25, 0.3) is 11.0 Å². The Morgan fingerprint density at radius 2 is 2.13 bits per heavy atom. The number of nitrogens with zero attached hydrogens (tertiary/aromatic N) is 1. The van der Waals surface area contributed by atoms with Crippen molar-refractivity contribution in [3.63, 3.8) is 0 Å². The molecule has 0 spiro atoms. The van der Waals surface area contributed by atoms with Crippen LogP contribution in [0.5, 0.6) is 0 Å². The van der Waals surface area contributed by atoms with Crippen LogP contribution in [0.3, 0.4) is 0 Å². The van der Waals surface area contributed by atoms with Gasteiger partial charge in [0.15, 0.2) is 0 Å². The molecule has 3 rings (SSSR count). The lowest BCUT2D eigenvalue weighted by Gasteiger charge is -2.35. The molecule has 1 aromatic carbocycles. The first kappa shape index (κ1) is 15.8. The molecular formula is C16H23N5O2. The van der Waals surface area contributed by atoms with Crippen molar-refractivity contribution in [3.8, 4) is 0 Å². The number of benzene rings is 1. The minimum Gasteiger partial charge on any atom is -0.325 e. The summed E-state index contributed by atoms with van der Waals surface area (Å²) in [4.78, 5) is 31.4. The summed E-state index contributed by atoms with van der Waals surface area (Å²) in [6, 6.07) is 5.60. The molecular weight excluding hydrogens is 294 g/mol. The summed E-state index contributed by atoms with van der Waals surface area (Å²) in [5.74, 6) is -0.0287. The van der Waals surface area contributed by atoms with Gasteiger partial charge in [-0.05, 0) is 51.6 Å². The minimum absolute atomic E-state index is 0.0287. The number of anilines is 1. The molecule has 0 radical (unpaired) electrons. The van der Waals surface area contributed by atoms with Crippen molar-refractivity contribution >= 4 is 22.6 Å². The van der Waals surface area contributed by atoms with E-state index in [2.05, 4.69) is 25.5 Å². The molecule has 0 bridgehead atoms. The summed E-state index contributed by atoms with van der Waals surface area (Å²) >= 11 is 0. The van der Waals surface area contributed by atoms with Gasteiger partial charge < -0.3 is 20.6 Å². The number of fused-ring (bicyclic) bond motifs is 1. The summed E-state index contributed by atoms with van der Waals surface area (Å²) in [6.07, 6.45) is 2.25. The molecule has 7 nitrogen and oxygen atoms in total. The third kappa shape index (κ3) is 3.46. The highest BCUT2D eigenvalue weighted by molar-refractivity contribution is 5.96. The predicted molar refractivity (Wildman–Crippen MR) is 90.7 cm³/mol. The number of hydrogen-bond acceptors (Lipinski definition) is 4. The van der Waals surface area contributed by atoms with Crippen molar-refractivity contribution in [2.45, 2.75) is 31.8 Å². The van der Waals surface area contributed by atoms with Crippen molar-refractivity contribution in [3.05, 3.63) is 28.7 Å². The highest BCUT2D eigenvalue weighted by Crippen LogP contribution is 2.17. The highest BCUT2D eigenvalue weighted by Gasteiger charge is 2.26. The van der Waals surface area contributed by atoms with Gasteiger partial charge in [0.2, 0.25) is 5.91 Å². The molecule has 4 N–H and O–H groups in total. The Bertz CT molecular complexity index is 750. The molecule has 23 heavy (non-hydrogen) atoms. The van der Waals surface area contributed by atoms with E-state index in [1.54, 1.807) is 18.2 Å². The maximum atomic E-state index is 12.5. The quantitative estimate of drug-likeness (QED) is 0.673. The van der Waals surface area contributed by atoms with Crippen LogP contribution >= 0.6 is 0 Å². The zero-order valence-electron chi connectivity index (χ0n) is 13.5. The Morgan fingerprint density at radius 3 is 2.91 bits per heavy atom. The van der Waals surface area contributed by atoms with Gasteiger partial charge >= 0.3 is 5.69 Å². The number of carbonyl (C=O) groups is 1. The number of likely N-dealkylation sites (tertiary alicyclic amines) is 1. The minimum atomic E-state index is -0.247. The second kappa shape index (κ2) is 6.55. The van der Waals surface area contributed by atoms with Crippen LogP contribution in [0.1, 0.15) is 19.8 Å². The van der Waals surface area contributed by atoms with Gasteiger partial charge in [-0.25, -0.2) is 4.79 Å². The number of imidazole rings is 1. The van der Waals surface area contributed by atoms with Crippen LogP contribution in [0.2, 0.25) is 0 Å². The van der Waals surface area contributed by atoms with Crippen LogP contribution in [0, 0.1) is 0 Å². The van der Waals surface area contributed by atoms with E-state index < -0.39 is 0 Å². The van der Waals surface area contributed by atoms with Crippen LogP contribution in [0.15, 0.2) is 23.0 Å². The van der Waals surface area contributed by atoms with Gasteiger partial charge in [-0.3, -0.25) is 9.69 Å². The molecule has 124 valence electrons. The molecule has 0 aliphatic carbocycles. The van der Waals surface area contributed by atoms with E-state index in [0.717, 1.165) is 31.4 Å². The SMILES string of the molecule is CNC1CCCN(C(C)C(=O)Nc2ccc3[nH]c(=O)[nH]c3c2)C1. The van der Waals surface area contributed by atoms with Crippen LogP contribution in [-0.4, -0.2) is 53.0 Å². The molecule has 2 heterocycles. The molecule has 0 saturated carbocycles. The Kier molecular flexibility index (Phi) is 4.49. The first-order chi connectivity index (χ1) is 11.1. The van der Waals surface area contributed by atoms with E-state index in [0.29, 0.717) is 17.2 Å². The molecule has 1 aromatic heterocycles. The van der Waals surface area contributed by atoms with E-state index in [1.165, 1.54) is 0 Å². The normalized spacial score (nSPS) is 20.5. The van der Waals surface area contributed by atoms with E-state index in [-0.39, 0.29) is 17.6 Å². The molecule has 1 saturated heterocycles. The summed E-state index contributed by atoms with van der Waals surface area (Å²) in [5.41, 5.74) is 1.86. The molecule has 7 heteroatoms. The zero-order chi connectivity index (χ0) is 16.4. The van der Waals surface area contributed by atoms with Crippen LogP contribution in [0.4, 0.5) is 5.69 Å². The lowest BCUT2D eigenvalue weighted by molar-refractivity contribution is -0.121. The number of piperidine rings is 1. The van der Waals surface area contributed by atoms with Gasteiger partial charge in [-0.15, -0.1) is 0 Å². The number of carbonyl (C=O) groups excluding carboxylic acids is 1. The highest BCUT2D eigenvalue weighted by atomic mass is 16.2. The second-order valence-electron chi connectivity index (χ2n) is 6.13. The van der Waals surface area contributed by atoms with E-state index in [1.807, 2.05) is 14.0 Å². The lowest BCUT2D eigenvalue weighted by atomic mass is 10.0. The molecule has 1 aliphatic rings. The molecule has 1 fully saturated rings. The predicted octanol–water partition coefficient (Wildman–Crippen LogP) is 0.867. The molecule has 1 amide bonds. The number of H-pyrrole nitrogens is 2. The Balaban J connectivity index is 1.68. The smallest absolute Gasteiger partial charge is 0.323 e. The fourth-order valence-corrected chi connectivity index (χ4v) is 3.12. The third-order valence-corrected chi connectivity index (χ3v) is 4.57. The van der Waals surface area contributed by atoms with E-state index in [9.17, 15) is 9.59 Å². The molecule has 2 aromatic rings. The van der Waals surface area contributed by atoms with Crippen molar-refractivity contribution in [2.24, 2.45) is 0 Å². The lowest BCUT2D eigenvalue weighted by Crippen LogP contribution is -2.51. The molecule has 2 atom stereocenters. The van der Waals surface area contributed by atoms with Crippen molar-refractivity contribution in [1.82, 2.24) is 20.2 Å². The number of aromatic nitrogens is 2. The number of aromatic amines is 2. The number of rotatable bonds is 4. The standard InChI is InChI=1S/C16H23N5O2/c1-10(21-7-3-4-12(9-21)17-2)15(22)18-11-5-6-13-14(8-11)20-16(23)19-13/h5-6,8,10,12,17H,3-4,7,9H2,1-2H3,(H,18,22)(H2,19,20,23). The topological polar surface area (TPSA) is 93.0 Å². The van der Waals surface area contributed by atoms with Crippen molar-refractivity contribution in [1.29, 1.82) is 0 Å². The van der Waals surface area contributed by atoms with Gasteiger partial charge in [0, 0.05) is 18.3 Å². The number of amides is 1. The van der Waals surface area contributed by atoms with Crippen molar-refractivity contribution < 1.29 is 4.79 Å². The maximum absolute atomic E-state index is 12.5. The maximum Gasteiger partial charge on any atom is 0.323 e. The Morgan fingerprint density at radius 1 is 1.35 bits per heavy atom. The van der Waals surface area contributed by atoms with Gasteiger partial charge in [-0.1, -0.05) is 0 Å². The second-order valence-corrected chi connectivity index (χ2v) is 6.13. The molecule has 2 unspecified atom stereocenters. The fourth-order valence-electron chi connectivity index (χ4n) is 3.12. The average molecular weight is 317 g/mol. The van der Waals surface area contributed by atoms with E-state index in [4.69, 9.17) is 0 Å². The Hall–Kier alpha value is -2.12. The van der Waals surface area contributed by atoms with E-state index >= 15 is 0 Å². The third-order valence-electron chi connectivity index (χ3n) is 4.57.